The Morgan fingerprint density at radius 3 is 2.31 bits per heavy atom. The SMILES string of the molecule is CC/C=C(\CC)c1cc(N(C)C)c2c(c1O)C(O)=C1C(=O)[C@]3(O)C(O)=C(C(N)=O)C(=O)[C@@H](N(C)C)[C@@H]3CC1C2. The molecule has 6 N–H and O–H groups in total. The number of aliphatic hydroxyl groups is 3. The highest BCUT2D eigenvalue weighted by atomic mass is 16.3. The number of phenols is 1. The number of aliphatic hydroxyl groups excluding tert-OH is 2. The summed E-state index contributed by atoms with van der Waals surface area (Å²) in [5, 5.41) is 45.8. The van der Waals surface area contributed by atoms with Crippen molar-refractivity contribution in [2.75, 3.05) is 33.1 Å². The second-order valence-electron chi connectivity index (χ2n) is 11.0. The maximum absolute atomic E-state index is 14.0. The molecule has 1 fully saturated rings. The van der Waals surface area contributed by atoms with E-state index in [0.717, 1.165) is 17.7 Å². The molecule has 0 aromatic heterocycles. The number of aromatic hydroxyl groups is 1. The molecule has 1 aromatic rings. The number of benzene rings is 1. The standard InChI is InChI=1S/C29H37N3O7/c1-7-9-13(8-2)15-12-18(31(3)4)16-10-14-11-17-22(32(5)6)25(35)21(28(30)38)27(37)29(17,39)26(36)19(14)24(34)20(16)23(15)33/h9,12,14,17,22,33-34,37,39H,7-8,10-11H2,1-6H3,(H2,30,38)/b13-9+/t14?,17-,22-,29-/m0/s1. The van der Waals surface area contributed by atoms with Crippen molar-refractivity contribution >= 4 is 34.5 Å². The lowest BCUT2D eigenvalue weighted by molar-refractivity contribution is -0.153. The van der Waals surface area contributed by atoms with Crippen molar-refractivity contribution in [1.82, 2.24) is 4.90 Å². The number of allylic oxidation sites excluding steroid dienone is 2. The van der Waals surface area contributed by atoms with Gasteiger partial charge in [0, 0.05) is 36.8 Å². The number of nitrogens with two attached hydrogens (primary N) is 1. The first-order chi connectivity index (χ1) is 18.2. The Balaban J connectivity index is 2.03. The van der Waals surface area contributed by atoms with Crippen LogP contribution in [0.2, 0.25) is 0 Å². The predicted molar refractivity (Wildman–Crippen MR) is 147 cm³/mol. The van der Waals surface area contributed by atoms with E-state index in [2.05, 4.69) is 0 Å². The summed E-state index contributed by atoms with van der Waals surface area (Å²) >= 11 is 0. The highest BCUT2D eigenvalue weighted by Crippen LogP contribution is 2.54. The van der Waals surface area contributed by atoms with Crippen LogP contribution in [0.1, 0.15) is 49.8 Å². The molecule has 0 heterocycles. The zero-order chi connectivity index (χ0) is 29.1. The molecule has 0 saturated heterocycles. The lowest BCUT2D eigenvalue weighted by atomic mass is 9.57. The summed E-state index contributed by atoms with van der Waals surface area (Å²) in [7, 11) is 6.85. The minimum Gasteiger partial charge on any atom is -0.508 e. The van der Waals surface area contributed by atoms with Crippen LogP contribution >= 0.6 is 0 Å². The number of hydrogen-bond acceptors (Lipinski definition) is 9. The van der Waals surface area contributed by atoms with E-state index < -0.39 is 58.0 Å². The number of amides is 1. The highest BCUT2D eigenvalue weighted by molar-refractivity contribution is 6.24. The van der Waals surface area contributed by atoms with Crippen molar-refractivity contribution in [3.8, 4) is 5.75 Å². The molecule has 3 aliphatic rings. The van der Waals surface area contributed by atoms with E-state index in [9.17, 15) is 34.8 Å². The van der Waals surface area contributed by atoms with Gasteiger partial charge < -0.3 is 31.1 Å². The van der Waals surface area contributed by atoms with Crippen LogP contribution < -0.4 is 10.6 Å². The maximum Gasteiger partial charge on any atom is 0.255 e. The summed E-state index contributed by atoms with van der Waals surface area (Å²) in [6.07, 6.45) is 3.65. The third-order valence-electron chi connectivity index (χ3n) is 8.36. The topological polar surface area (TPSA) is 165 Å². The number of carbonyl (C=O) groups excluding carboxylic acids is 3. The van der Waals surface area contributed by atoms with Gasteiger partial charge in [0.05, 0.1) is 11.6 Å². The van der Waals surface area contributed by atoms with Crippen LogP contribution in [-0.4, -0.2) is 82.6 Å². The van der Waals surface area contributed by atoms with Crippen molar-refractivity contribution < 1.29 is 34.8 Å². The van der Waals surface area contributed by atoms with Gasteiger partial charge in [0.15, 0.2) is 11.4 Å². The van der Waals surface area contributed by atoms with E-state index in [1.165, 1.54) is 4.90 Å². The number of likely N-dealkylation sites (N-methyl/N-ethyl adjacent to an activating group) is 1. The number of carbonyl (C=O) groups is 3. The molecule has 0 radical (unpaired) electrons. The number of anilines is 1. The lowest BCUT2D eigenvalue weighted by Crippen LogP contribution is -2.65. The summed E-state index contributed by atoms with van der Waals surface area (Å²) in [6.45, 7) is 3.94. The normalized spacial score (nSPS) is 27.0. The van der Waals surface area contributed by atoms with Crippen LogP contribution in [-0.2, 0) is 20.8 Å². The number of primary amides is 1. The molecular weight excluding hydrogens is 502 g/mol. The van der Waals surface area contributed by atoms with Crippen LogP contribution in [0.15, 0.2) is 29.0 Å². The minimum atomic E-state index is -2.65. The Labute approximate surface area is 227 Å². The van der Waals surface area contributed by atoms with E-state index in [0.29, 0.717) is 17.5 Å². The largest absolute Gasteiger partial charge is 0.508 e. The molecular formula is C29H37N3O7. The monoisotopic (exact) mass is 539 g/mol. The fourth-order valence-corrected chi connectivity index (χ4v) is 6.63. The summed E-state index contributed by atoms with van der Waals surface area (Å²) in [4.78, 5) is 42.8. The summed E-state index contributed by atoms with van der Waals surface area (Å²) < 4.78 is 0. The van der Waals surface area contributed by atoms with Crippen molar-refractivity contribution in [2.45, 2.75) is 51.2 Å². The zero-order valence-corrected chi connectivity index (χ0v) is 23.2. The molecule has 3 aliphatic carbocycles. The van der Waals surface area contributed by atoms with Gasteiger partial charge in [-0.2, -0.15) is 0 Å². The van der Waals surface area contributed by atoms with Crippen LogP contribution in [0, 0.1) is 11.8 Å². The van der Waals surface area contributed by atoms with Crippen LogP contribution in [0.4, 0.5) is 5.69 Å². The molecule has 1 unspecified atom stereocenters. The third kappa shape index (κ3) is 3.96. The molecule has 1 aromatic carbocycles. The lowest BCUT2D eigenvalue weighted by Gasteiger charge is -2.50. The second-order valence-corrected chi connectivity index (χ2v) is 11.0. The molecule has 4 atom stereocenters. The minimum absolute atomic E-state index is 0.0527. The van der Waals surface area contributed by atoms with Crippen LogP contribution in [0.3, 0.4) is 0 Å². The summed E-state index contributed by atoms with van der Waals surface area (Å²) in [6, 6.07) is 0.761. The zero-order valence-electron chi connectivity index (χ0n) is 23.2. The second kappa shape index (κ2) is 9.84. The van der Waals surface area contributed by atoms with Gasteiger partial charge >= 0.3 is 0 Å². The molecule has 39 heavy (non-hydrogen) atoms. The van der Waals surface area contributed by atoms with Gasteiger partial charge in [-0.25, -0.2) is 0 Å². The average Bonchev–Trinajstić information content (AvgIpc) is 2.84. The maximum atomic E-state index is 14.0. The van der Waals surface area contributed by atoms with Gasteiger partial charge in [0.25, 0.3) is 5.91 Å². The van der Waals surface area contributed by atoms with Crippen LogP contribution in [0.5, 0.6) is 5.75 Å². The Morgan fingerprint density at radius 2 is 1.79 bits per heavy atom. The first-order valence-corrected chi connectivity index (χ1v) is 13.1. The van der Waals surface area contributed by atoms with E-state index >= 15 is 0 Å². The summed E-state index contributed by atoms with van der Waals surface area (Å²) in [5.74, 6) is -6.52. The Kier molecular flexibility index (Phi) is 7.16. The number of Topliss-reactive ketones (excluding diaryl/α,β-unsaturated/α-hetero) is 2. The molecule has 10 nitrogen and oxygen atoms in total. The molecule has 1 amide bonds. The van der Waals surface area contributed by atoms with E-state index in [-0.39, 0.29) is 29.7 Å². The Morgan fingerprint density at radius 1 is 1.15 bits per heavy atom. The molecule has 1 saturated carbocycles. The van der Waals surface area contributed by atoms with Crippen molar-refractivity contribution in [2.24, 2.45) is 17.6 Å². The fourth-order valence-electron chi connectivity index (χ4n) is 6.63. The van der Waals surface area contributed by atoms with Gasteiger partial charge in [-0.1, -0.05) is 19.9 Å². The van der Waals surface area contributed by atoms with Crippen molar-refractivity contribution in [3.63, 3.8) is 0 Å². The van der Waals surface area contributed by atoms with E-state index in [1.807, 2.05) is 45.0 Å². The quantitative estimate of drug-likeness (QED) is 0.341. The fraction of sp³-hybridized carbons (Fsp3) is 0.483. The number of ketones is 2. The number of fused-ring (bicyclic) bond motifs is 3. The molecule has 0 bridgehead atoms. The first-order valence-electron chi connectivity index (χ1n) is 13.1. The predicted octanol–water partition coefficient (Wildman–Crippen LogP) is 2.23. The molecule has 4 rings (SSSR count). The molecule has 0 spiro atoms. The van der Waals surface area contributed by atoms with Gasteiger partial charge in [0.2, 0.25) is 5.78 Å². The number of nitrogens with zero attached hydrogens (tertiary/aromatic N) is 2. The van der Waals surface area contributed by atoms with Crippen molar-refractivity contribution in [1.29, 1.82) is 0 Å². The number of hydrogen-bond donors (Lipinski definition) is 5. The smallest absolute Gasteiger partial charge is 0.255 e. The Bertz CT molecular complexity index is 1370. The van der Waals surface area contributed by atoms with Gasteiger partial charge in [0.1, 0.15) is 22.8 Å². The van der Waals surface area contributed by atoms with E-state index in [1.54, 1.807) is 14.1 Å². The van der Waals surface area contributed by atoms with Gasteiger partial charge in [-0.05, 0) is 62.9 Å². The van der Waals surface area contributed by atoms with Gasteiger partial charge in [-0.15, -0.1) is 0 Å². The Hall–Kier alpha value is -3.63. The number of rotatable bonds is 6. The third-order valence-corrected chi connectivity index (χ3v) is 8.36. The van der Waals surface area contributed by atoms with Gasteiger partial charge in [-0.3, -0.25) is 19.3 Å². The number of phenolic OH excluding ortho intramolecular Hbond substituents is 1. The molecule has 0 aliphatic heterocycles. The van der Waals surface area contributed by atoms with Crippen LogP contribution in [0.25, 0.3) is 11.3 Å². The summed E-state index contributed by atoms with van der Waals surface area (Å²) in [5.41, 5.74) is 4.65. The molecule has 210 valence electrons. The highest BCUT2D eigenvalue weighted by Gasteiger charge is 2.64. The van der Waals surface area contributed by atoms with Crippen molar-refractivity contribution in [3.05, 3.63) is 45.7 Å². The molecule has 10 heteroatoms. The first kappa shape index (κ1) is 28.4. The average molecular weight is 540 g/mol. The van der Waals surface area contributed by atoms with E-state index in [4.69, 9.17) is 5.73 Å².